The van der Waals surface area contributed by atoms with Crippen LogP contribution in [-0.2, 0) is 16.1 Å². The summed E-state index contributed by atoms with van der Waals surface area (Å²) in [4.78, 5) is 24.6. The van der Waals surface area contributed by atoms with E-state index < -0.39 is 6.10 Å². The summed E-state index contributed by atoms with van der Waals surface area (Å²) in [7, 11) is 0. The van der Waals surface area contributed by atoms with E-state index in [2.05, 4.69) is 31.9 Å². The summed E-state index contributed by atoms with van der Waals surface area (Å²) in [5.41, 5.74) is 2.20. The van der Waals surface area contributed by atoms with Gasteiger partial charge < -0.3 is 25.4 Å². The third-order valence-electron chi connectivity index (χ3n) is 4.32. The molecular weight excluding hydrogens is 414 g/mol. The fraction of sp³-hybridized carbons (Fsp3) is 0.263. The minimum absolute atomic E-state index is 0.0797. The second-order valence-electron chi connectivity index (χ2n) is 6.32. The highest BCUT2D eigenvalue weighted by Crippen LogP contribution is 2.34. The van der Waals surface area contributed by atoms with Gasteiger partial charge in [-0.25, -0.2) is 0 Å². The molecule has 1 unspecified atom stereocenters. The lowest BCUT2D eigenvalue weighted by Gasteiger charge is -2.25. The second kappa shape index (κ2) is 7.58. The van der Waals surface area contributed by atoms with Gasteiger partial charge in [0, 0.05) is 24.3 Å². The number of hydrogen-bond donors (Lipinski definition) is 3. The molecule has 7 nitrogen and oxygen atoms in total. The molecule has 0 fully saturated rings. The summed E-state index contributed by atoms with van der Waals surface area (Å²) in [6.45, 7) is 2.01. The molecule has 2 aliphatic heterocycles. The Balaban J connectivity index is 1.45. The summed E-state index contributed by atoms with van der Waals surface area (Å²) in [6.07, 6.45) is -0.946. The van der Waals surface area contributed by atoms with Crippen molar-refractivity contribution in [3.05, 3.63) is 46.4 Å². The first-order chi connectivity index (χ1) is 13.1. The van der Waals surface area contributed by atoms with E-state index in [0.29, 0.717) is 30.3 Å². The third kappa shape index (κ3) is 3.91. The number of anilines is 2. The van der Waals surface area contributed by atoms with E-state index >= 15 is 0 Å². The summed E-state index contributed by atoms with van der Waals surface area (Å²) in [5.74, 6) is 0.712. The molecule has 0 aliphatic carbocycles. The Hall–Kier alpha value is -2.58. The molecule has 0 saturated carbocycles. The minimum atomic E-state index is -0.867. The van der Waals surface area contributed by atoms with Crippen LogP contribution in [-0.4, -0.2) is 31.1 Å². The number of fused-ring (bicyclic) bond motifs is 2. The summed E-state index contributed by atoms with van der Waals surface area (Å²) >= 11 is 3.49. The van der Waals surface area contributed by atoms with Crippen LogP contribution in [0.4, 0.5) is 11.4 Å². The fourth-order valence-electron chi connectivity index (χ4n) is 3.07. The zero-order valence-corrected chi connectivity index (χ0v) is 16.0. The highest BCUT2D eigenvalue weighted by molar-refractivity contribution is 9.10. The molecule has 0 aromatic heterocycles. The molecule has 8 heteroatoms. The first-order valence-corrected chi connectivity index (χ1v) is 9.42. The van der Waals surface area contributed by atoms with Gasteiger partial charge in [0.1, 0.15) is 18.1 Å². The second-order valence-corrected chi connectivity index (χ2v) is 7.17. The average molecular weight is 432 g/mol. The number of amides is 2. The summed E-state index contributed by atoms with van der Waals surface area (Å²) in [5, 5.41) is 8.85. The molecule has 1 atom stereocenters. The third-order valence-corrected chi connectivity index (χ3v) is 4.91. The Labute approximate surface area is 164 Å². The predicted octanol–water partition coefficient (Wildman–Crippen LogP) is 2.66. The van der Waals surface area contributed by atoms with Crippen molar-refractivity contribution in [1.29, 1.82) is 0 Å². The number of rotatable bonds is 3. The van der Waals surface area contributed by atoms with Gasteiger partial charge in [0.05, 0.1) is 16.6 Å². The number of halogens is 1. The maximum Gasteiger partial charge on any atom is 0.266 e. The molecule has 2 aromatic rings. The molecule has 0 saturated heterocycles. The molecule has 2 heterocycles. The van der Waals surface area contributed by atoms with Crippen molar-refractivity contribution in [1.82, 2.24) is 5.32 Å². The summed E-state index contributed by atoms with van der Waals surface area (Å²) in [6, 6.07) is 10.8. The fourth-order valence-corrected chi connectivity index (χ4v) is 3.69. The first-order valence-electron chi connectivity index (χ1n) is 8.62. The van der Waals surface area contributed by atoms with Crippen LogP contribution in [0.5, 0.6) is 11.5 Å². The minimum Gasteiger partial charge on any atom is -0.491 e. The molecule has 3 N–H and O–H groups in total. The van der Waals surface area contributed by atoms with Gasteiger partial charge in [-0.2, -0.15) is 0 Å². The monoisotopic (exact) mass is 431 g/mol. The number of carbonyl (C=O) groups excluding carboxylic acids is 2. The van der Waals surface area contributed by atoms with E-state index in [0.717, 1.165) is 22.3 Å². The van der Waals surface area contributed by atoms with E-state index in [-0.39, 0.29) is 18.2 Å². The zero-order chi connectivity index (χ0) is 18.8. The molecule has 140 valence electrons. The number of ether oxygens (including phenoxy) is 2. The zero-order valence-electron chi connectivity index (χ0n) is 14.4. The maximum absolute atomic E-state index is 12.5. The van der Waals surface area contributed by atoms with E-state index in [1.54, 1.807) is 18.2 Å². The molecule has 0 spiro atoms. The van der Waals surface area contributed by atoms with E-state index in [1.807, 2.05) is 18.2 Å². The highest BCUT2D eigenvalue weighted by Gasteiger charge is 2.29. The first kappa shape index (κ1) is 17.8. The number of nitrogens with one attached hydrogen (secondary N) is 3. The SMILES string of the molecule is O=C(CC1Oc2ccccc2NC1=O)Nc1cc(Br)c2c(c1)CNCCO2. The smallest absolute Gasteiger partial charge is 0.266 e. The molecule has 4 rings (SSSR count). The van der Waals surface area contributed by atoms with Gasteiger partial charge in [0.15, 0.2) is 6.10 Å². The van der Waals surface area contributed by atoms with Crippen molar-refractivity contribution < 1.29 is 19.1 Å². The number of hydrogen-bond acceptors (Lipinski definition) is 5. The lowest BCUT2D eigenvalue weighted by Crippen LogP contribution is -2.39. The van der Waals surface area contributed by atoms with Crippen LogP contribution < -0.4 is 25.4 Å². The predicted molar refractivity (Wildman–Crippen MR) is 104 cm³/mol. The van der Waals surface area contributed by atoms with Crippen molar-refractivity contribution in [3.63, 3.8) is 0 Å². The number of benzene rings is 2. The Morgan fingerprint density at radius 3 is 3.04 bits per heavy atom. The average Bonchev–Trinajstić information content (AvgIpc) is 2.88. The van der Waals surface area contributed by atoms with Crippen LogP contribution in [0.25, 0.3) is 0 Å². The highest BCUT2D eigenvalue weighted by atomic mass is 79.9. The van der Waals surface area contributed by atoms with E-state index in [4.69, 9.17) is 9.47 Å². The molecule has 0 radical (unpaired) electrons. The molecule has 2 aromatic carbocycles. The summed E-state index contributed by atoms with van der Waals surface area (Å²) < 4.78 is 12.2. The van der Waals surface area contributed by atoms with Crippen LogP contribution in [0.1, 0.15) is 12.0 Å². The molecule has 2 amide bonds. The van der Waals surface area contributed by atoms with Crippen LogP contribution in [0, 0.1) is 0 Å². The standard InChI is InChI=1S/C19H18BrN3O4/c20-13-8-12(7-11-10-21-5-6-26-18(11)13)22-17(24)9-16-19(25)23-14-3-1-2-4-15(14)27-16/h1-4,7-8,16,21H,5-6,9-10H2,(H,22,24)(H,23,25). The van der Waals surface area contributed by atoms with Crippen molar-refractivity contribution >= 4 is 39.1 Å². The lowest BCUT2D eigenvalue weighted by atomic mass is 10.1. The van der Waals surface area contributed by atoms with Crippen molar-refractivity contribution in [3.8, 4) is 11.5 Å². The van der Waals surface area contributed by atoms with Gasteiger partial charge in [-0.1, -0.05) is 12.1 Å². The van der Waals surface area contributed by atoms with Gasteiger partial charge in [0.25, 0.3) is 5.91 Å². The van der Waals surface area contributed by atoms with Crippen molar-refractivity contribution in [2.24, 2.45) is 0 Å². The van der Waals surface area contributed by atoms with Gasteiger partial charge in [0.2, 0.25) is 5.91 Å². The van der Waals surface area contributed by atoms with E-state index in [1.165, 1.54) is 0 Å². The van der Waals surface area contributed by atoms with Gasteiger partial charge in [-0.3, -0.25) is 9.59 Å². The van der Waals surface area contributed by atoms with Gasteiger partial charge >= 0.3 is 0 Å². The van der Waals surface area contributed by atoms with Gasteiger partial charge in [-0.05, 0) is 40.2 Å². The Morgan fingerprint density at radius 2 is 2.15 bits per heavy atom. The lowest BCUT2D eigenvalue weighted by molar-refractivity contribution is -0.128. The Morgan fingerprint density at radius 1 is 1.30 bits per heavy atom. The maximum atomic E-state index is 12.5. The molecular formula is C19H18BrN3O4. The van der Waals surface area contributed by atoms with Crippen molar-refractivity contribution in [2.75, 3.05) is 23.8 Å². The van der Waals surface area contributed by atoms with Crippen LogP contribution >= 0.6 is 15.9 Å². The quantitative estimate of drug-likeness (QED) is 0.694. The number of carbonyl (C=O) groups is 2. The Bertz CT molecular complexity index is 903. The van der Waals surface area contributed by atoms with Gasteiger partial charge in [-0.15, -0.1) is 0 Å². The molecule has 0 bridgehead atoms. The number of para-hydroxylation sites is 2. The largest absolute Gasteiger partial charge is 0.491 e. The molecule has 2 aliphatic rings. The van der Waals surface area contributed by atoms with Crippen LogP contribution in [0.2, 0.25) is 0 Å². The molecule has 27 heavy (non-hydrogen) atoms. The topological polar surface area (TPSA) is 88.7 Å². The van der Waals surface area contributed by atoms with Crippen LogP contribution in [0.15, 0.2) is 40.9 Å². The van der Waals surface area contributed by atoms with Crippen LogP contribution in [0.3, 0.4) is 0 Å². The Kier molecular flexibility index (Phi) is 5.00. The normalized spacial score (nSPS) is 18.1. The van der Waals surface area contributed by atoms with E-state index in [9.17, 15) is 9.59 Å². The van der Waals surface area contributed by atoms with Crippen molar-refractivity contribution in [2.45, 2.75) is 19.1 Å².